The van der Waals surface area contributed by atoms with Crippen molar-refractivity contribution in [3.8, 4) is 17.2 Å². The number of carbonyl (C=O) groups excluding carboxylic acids is 1. The van der Waals surface area contributed by atoms with Crippen molar-refractivity contribution in [2.75, 3.05) is 40.5 Å². The maximum atomic E-state index is 13.0. The maximum absolute atomic E-state index is 13.0. The first-order valence-corrected chi connectivity index (χ1v) is 10.5. The number of nitro groups is 1. The molecule has 1 amide bonds. The third kappa shape index (κ3) is 5.88. The van der Waals surface area contributed by atoms with E-state index in [4.69, 9.17) is 14.2 Å². The fourth-order valence-electron chi connectivity index (χ4n) is 3.57. The Morgan fingerprint density at radius 1 is 1.09 bits per heavy atom. The second kappa shape index (κ2) is 11.9. The van der Waals surface area contributed by atoms with Gasteiger partial charge in [-0.05, 0) is 37.7 Å². The minimum absolute atomic E-state index is 0.0840. The maximum Gasteiger partial charge on any atom is 0.286 e. The van der Waals surface area contributed by atoms with Gasteiger partial charge in [-0.3, -0.25) is 19.8 Å². The van der Waals surface area contributed by atoms with E-state index in [9.17, 15) is 14.9 Å². The van der Waals surface area contributed by atoms with Crippen LogP contribution in [0, 0.1) is 10.1 Å². The summed E-state index contributed by atoms with van der Waals surface area (Å²) in [5.74, 6) is 0.641. The standard InChI is InChI=1S/C23H31N3O6/c1-6-25(7-2)20(16-10-9-11-17(12-16)30-4)15-24-23(27)18-13-21(31-5)22(32-8-3)14-19(18)26(28)29/h9-14,20H,6-8,15H2,1-5H3,(H,24,27). The number of ether oxygens (including phenoxy) is 3. The Labute approximate surface area is 188 Å². The van der Waals surface area contributed by atoms with Crippen LogP contribution >= 0.6 is 0 Å². The molecular weight excluding hydrogens is 414 g/mol. The number of rotatable bonds is 12. The highest BCUT2D eigenvalue weighted by Gasteiger charge is 2.26. The molecule has 9 nitrogen and oxygen atoms in total. The van der Waals surface area contributed by atoms with E-state index in [1.54, 1.807) is 14.0 Å². The molecule has 0 saturated heterocycles. The lowest BCUT2D eigenvalue weighted by molar-refractivity contribution is -0.385. The summed E-state index contributed by atoms with van der Waals surface area (Å²) in [5, 5.41) is 14.5. The molecule has 0 bridgehead atoms. The molecule has 0 radical (unpaired) electrons. The van der Waals surface area contributed by atoms with Crippen molar-refractivity contribution in [2.45, 2.75) is 26.8 Å². The molecule has 2 rings (SSSR count). The van der Waals surface area contributed by atoms with Crippen LogP contribution in [0.1, 0.15) is 42.7 Å². The van der Waals surface area contributed by atoms with Gasteiger partial charge in [0, 0.05) is 12.6 Å². The summed E-state index contributed by atoms with van der Waals surface area (Å²) >= 11 is 0. The topological polar surface area (TPSA) is 103 Å². The van der Waals surface area contributed by atoms with E-state index in [0.717, 1.165) is 24.4 Å². The van der Waals surface area contributed by atoms with Gasteiger partial charge in [-0.25, -0.2) is 0 Å². The number of likely N-dealkylation sites (N-methyl/N-ethyl adjacent to an activating group) is 1. The highest BCUT2D eigenvalue weighted by atomic mass is 16.6. The van der Waals surface area contributed by atoms with Crippen LogP contribution < -0.4 is 19.5 Å². The normalized spacial score (nSPS) is 11.7. The third-order valence-corrected chi connectivity index (χ3v) is 5.21. The van der Waals surface area contributed by atoms with E-state index >= 15 is 0 Å². The summed E-state index contributed by atoms with van der Waals surface area (Å²) in [6.45, 7) is 7.96. The van der Waals surface area contributed by atoms with Crippen molar-refractivity contribution in [1.29, 1.82) is 0 Å². The minimum atomic E-state index is -0.596. The van der Waals surface area contributed by atoms with Gasteiger partial charge in [-0.15, -0.1) is 0 Å². The van der Waals surface area contributed by atoms with Crippen LogP contribution in [-0.2, 0) is 0 Å². The summed E-state index contributed by atoms with van der Waals surface area (Å²) in [5.41, 5.74) is 0.555. The van der Waals surface area contributed by atoms with Crippen LogP contribution in [0.15, 0.2) is 36.4 Å². The molecule has 0 spiro atoms. The Kier molecular flexibility index (Phi) is 9.27. The van der Waals surface area contributed by atoms with Crippen LogP contribution in [0.5, 0.6) is 17.2 Å². The number of benzene rings is 2. The van der Waals surface area contributed by atoms with E-state index in [2.05, 4.69) is 10.2 Å². The summed E-state index contributed by atoms with van der Waals surface area (Å²) in [6, 6.07) is 10.1. The molecule has 2 aromatic rings. The van der Waals surface area contributed by atoms with Crippen LogP contribution in [0.25, 0.3) is 0 Å². The van der Waals surface area contributed by atoms with Crippen LogP contribution in [0.2, 0.25) is 0 Å². The average molecular weight is 446 g/mol. The van der Waals surface area contributed by atoms with Crippen LogP contribution in [0.4, 0.5) is 5.69 Å². The lowest BCUT2D eigenvalue weighted by Gasteiger charge is -2.30. The molecule has 32 heavy (non-hydrogen) atoms. The molecule has 1 atom stereocenters. The molecular formula is C23H31N3O6. The van der Waals surface area contributed by atoms with Gasteiger partial charge >= 0.3 is 0 Å². The number of hydrogen-bond acceptors (Lipinski definition) is 7. The Balaban J connectivity index is 2.35. The Bertz CT molecular complexity index is 930. The van der Waals surface area contributed by atoms with Gasteiger partial charge in [0.2, 0.25) is 0 Å². The SMILES string of the molecule is CCOc1cc([N+](=O)[O-])c(C(=O)NCC(c2cccc(OC)c2)N(CC)CC)cc1OC. The number of carbonyl (C=O) groups is 1. The van der Waals surface area contributed by atoms with Gasteiger partial charge in [0.25, 0.3) is 11.6 Å². The largest absolute Gasteiger partial charge is 0.497 e. The molecule has 1 unspecified atom stereocenters. The summed E-state index contributed by atoms with van der Waals surface area (Å²) in [4.78, 5) is 26.2. The first-order valence-electron chi connectivity index (χ1n) is 10.5. The Morgan fingerprint density at radius 3 is 2.38 bits per heavy atom. The van der Waals surface area contributed by atoms with E-state index in [1.807, 2.05) is 38.1 Å². The molecule has 9 heteroatoms. The number of methoxy groups -OCH3 is 2. The molecule has 1 N–H and O–H groups in total. The van der Waals surface area contributed by atoms with Crippen molar-refractivity contribution >= 4 is 11.6 Å². The summed E-state index contributed by atoms with van der Waals surface area (Å²) in [6.07, 6.45) is 0. The number of amides is 1. The van der Waals surface area contributed by atoms with E-state index in [0.29, 0.717) is 6.61 Å². The Morgan fingerprint density at radius 2 is 1.81 bits per heavy atom. The third-order valence-electron chi connectivity index (χ3n) is 5.21. The average Bonchev–Trinajstić information content (AvgIpc) is 2.81. The zero-order valence-electron chi connectivity index (χ0n) is 19.2. The highest BCUT2D eigenvalue weighted by Crippen LogP contribution is 2.35. The molecule has 0 heterocycles. The van der Waals surface area contributed by atoms with Crippen molar-refractivity contribution in [2.24, 2.45) is 0 Å². The molecule has 0 saturated carbocycles. The van der Waals surface area contributed by atoms with Gasteiger partial charge < -0.3 is 19.5 Å². The van der Waals surface area contributed by atoms with Gasteiger partial charge in [-0.2, -0.15) is 0 Å². The molecule has 0 fully saturated rings. The summed E-state index contributed by atoms with van der Waals surface area (Å²) in [7, 11) is 3.02. The van der Waals surface area contributed by atoms with Gasteiger partial charge in [0.1, 0.15) is 11.3 Å². The van der Waals surface area contributed by atoms with Gasteiger partial charge in [-0.1, -0.05) is 26.0 Å². The first-order chi connectivity index (χ1) is 15.4. The number of nitro benzene ring substituents is 1. The number of nitrogens with zero attached hydrogens (tertiary/aromatic N) is 2. The smallest absolute Gasteiger partial charge is 0.286 e. The second-order valence-electron chi connectivity index (χ2n) is 6.93. The molecule has 0 aliphatic carbocycles. The molecule has 0 aliphatic rings. The first kappa shape index (κ1) is 24.9. The quantitative estimate of drug-likeness (QED) is 0.391. The van der Waals surface area contributed by atoms with Crippen molar-refractivity contribution < 1.29 is 23.9 Å². The van der Waals surface area contributed by atoms with E-state index in [-0.39, 0.29) is 35.3 Å². The van der Waals surface area contributed by atoms with E-state index < -0.39 is 10.8 Å². The predicted octanol–water partition coefficient (Wildman–Crippen LogP) is 3.82. The second-order valence-corrected chi connectivity index (χ2v) is 6.93. The number of hydrogen-bond donors (Lipinski definition) is 1. The van der Waals surface area contributed by atoms with Crippen LogP contribution in [0.3, 0.4) is 0 Å². The van der Waals surface area contributed by atoms with Crippen molar-refractivity contribution in [3.05, 3.63) is 57.6 Å². The monoisotopic (exact) mass is 445 g/mol. The lowest BCUT2D eigenvalue weighted by Crippen LogP contribution is -2.38. The highest BCUT2D eigenvalue weighted by molar-refractivity contribution is 5.99. The van der Waals surface area contributed by atoms with Crippen molar-refractivity contribution in [1.82, 2.24) is 10.2 Å². The van der Waals surface area contributed by atoms with Gasteiger partial charge in [0.15, 0.2) is 11.5 Å². The molecule has 174 valence electrons. The molecule has 2 aromatic carbocycles. The molecule has 0 aliphatic heterocycles. The van der Waals surface area contributed by atoms with E-state index in [1.165, 1.54) is 19.2 Å². The predicted molar refractivity (Wildman–Crippen MR) is 122 cm³/mol. The fraction of sp³-hybridized carbons (Fsp3) is 0.435. The number of nitrogens with one attached hydrogen (secondary N) is 1. The van der Waals surface area contributed by atoms with Crippen LogP contribution in [-0.4, -0.2) is 56.2 Å². The van der Waals surface area contributed by atoms with Gasteiger partial charge in [0.05, 0.1) is 37.9 Å². The Hall–Kier alpha value is -3.33. The fourth-order valence-corrected chi connectivity index (χ4v) is 3.57. The zero-order chi connectivity index (χ0) is 23.7. The minimum Gasteiger partial charge on any atom is -0.497 e. The zero-order valence-corrected chi connectivity index (χ0v) is 19.2. The lowest BCUT2D eigenvalue weighted by atomic mass is 10.0. The van der Waals surface area contributed by atoms with Crippen molar-refractivity contribution in [3.63, 3.8) is 0 Å². The summed E-state index contributed by atoms with van der Waals surface area (Å²) < 4.78 is 16.0. The molecule has 0 aromatic heterocycles.